The van der Waals surface area contributed by atoms with Crippen LogP contribution in [-0.2, 0) is 11.2 Å². The highest BCUT2D eigenvalue weighted by Gasteiger charge is 2.20. The third-order valence-electron chi connectivity index (χ3n) is 4.91. The van der Waals surface area contributed by atoms with Crippen molar-refractivity contribution >= 4 is 17.7 Å². The number of amides is 1. The average Bonchev–Trinajstić information content (AvgIpc) is 3.14. The number of aromatic nitrogens is 5. The molecule has 3 aromatic rings. The van der Waals surface area contributed by atoms with Crippen LogP contribution >= 0.6 is 11.8 Å². The molecule has 0 bridgehead atoms. The monoisotopic (exact) mass is 426 g/mol. The molecule has 30 heavy (non-hydrogen) atoms. The average molecular weight is 427 g/mol. The first-order valence-corrected chi connectivity index (χ1v) is 10.8. The second-order valence-electron chi connectivity index (χ2n) is 7.09. The van der Waals surface area contributed by atoms with E-state index in [1.54, 1.807) is 0 Å². The maximum atomic E-state index is 12.6. The van der Waals surface area contributed by atoms with Gasteiger partial charge in [-0.05, 0) is 31.4 Å². The Labute approximate surface area is 176 Å². The Bertz CT molecular complexity index is 1100. The van der Waals surface area contributed by atoms with Gasteiger partial charge in [-0.15, -0.1) is 10.2 Å². The maximum Gasteiger partial charge on any atom is 0.325 e. The molecule has 0 aliphatic carbocycles. The predicted molar refractivity (Wildman–Crippen MR) is 113 cm³/mol. The number of carbonyl (C=O) groups is 1. The van der Waals surface area contributed by atoms with Crippen LogP contribution in [0.25, 0.3) is 5.69 Å². The molecule has 1 aromatic carbocycles. The molecular formula is C20H22N6O3S. The van der Waals surface area contributed by atoms with E-state index >= 15 is 0 Å². The SMILES string of the molecule is O=C(CSc1nnc(Cc2cc(=O)[nH]c(=O)[nH]2)n1-c1ccccc1)N1CCCCC1. The summed E-state index contributed by atoms with van der Waals surface area (Å²) in [5, 5.41) is 9.14. The van der Waals surface area contributed by atoms with Gasteiger partial charge in [-0.3, -0.25) is 19.1 Å². The number of thioether (sulfide) groups is 1. The van der Waals surface area contributed by atoms with Crippen molar-refractivity contribution in [2.45, 2.75) is 30.8 Å². The molecule has 9 nitrogen and oxygen atoms in total. The number of nitrogens with zero attached hydrogens (tertiary/aromatic N) is 4. The first kappa shape index (κ1) is 20.1. The van der Waals surface area contributed by atoms with Crippen molar-refractivity contribution in [3.05, 3.63) is 68.8 Å². The molecule has 0 atom stereocenters. The van der Waals surface area contributed by atoms with Crippen LogP contribution in [-0.4, -0.2) is 54.4 Å². The van der Waals surface area contributed by atoms with E-state index in [1.165, 1.54) is 24.2 Å². The number of rotatable bonds is 6. The van der Waals surface area contributed by atoms with E-state index in [-0.39, 0.29) is 18.1 Å². The van der Waals surface area contributed by atoms with E-state index in [1.807, 2.05) is 39.8 Å². The van der Waals surface area contributed by atoms with Gasteiger partial charge in [-0.2, -0.15) is 0 Å². The second-order valence-corrected chi connectivity index (χ2v) is 8.03. The Morgan fingerprint density at radius 2 is 1.80 bits per heavy atom. The van der Waals surface area contributed by atoms with Gasteiger partial charge in [0.2, 0.25) is 5.91 Å². The van der Waals surface area contributed by atoms with Crippen molar-refractivity contribution in [2.75, 3.05) is 18.8 Å². The van der Waals surface area contributed by atoms with E-state index in [4.69, 9.17) is 0 Å². The first-order valence-electron chi connectivity index (χ1n) is 9.83. The van der Waals surface area contributed by atoms with E-state index in [0.717, 1.165) is 31.6 Å². The van der Waals surface area contributed by atoms with Crippen LogP contribution in [0.4, 0.5) is 0 Å². The zero-order chi connectivity index (χ0) is 20.9. The highest BCUT2D eigenvalue weighted by Crippen LogP contribution is 2.24. The molecule has 0 radical (unpaired) electrons. The van der Waals surface area contributed by atoms with Gasteiger partial charge >= 0.3 is 5.69 Å². The lowest BCUT2D eigenvalue weighted by molar-refractivity contribution is -0.129. The number of carbonyl (C=O) groups excluding carboxylic acids is 1. The van der Waals surface area contributed by atoms with Crippen LogP contribution in [0, 0.1) is 0 Å². The normalized spacial score (nSPS) is 14.1. The molecule has 1 aliphatic rings. The Kier molecular flexibility index (Phi) is 6.12. The highest BCUT2D eigenvalue weighted by atomic mass is 32.2. The molecule has 1 fully saturated rings. The number of likely N-dealkylation sites (tertiary alicyclic amines) is 1. The number of benzene rings is 1. The fourth-order valence-electron chi connectivity index (χ4n) is 3.49. The maximum absolute atomic E-state index is 12.6. The number of H-pyrrole nitrogens is 2. The van der Waals surface area contributed by atoms with E-state index in [2.05, 4.69) is 20.2 Å². The van der Waals surface area contributed by atoms with Crippen LogP contribution in [0.15, 0.2) is 51.1 Å². The molecule has 0 saturated carbocycles. The van der Waals surface area contributed by atoms with Gasteiger partial charge in [-0.1, -0.05) is 30.0 Å². The molecule has 4 rings (SSSR count). The van der Waals surface area contributed by atoms with Crippen molar-refractivity contribution in [3.8, 4) is 5.69 Å². The number of nitrogens with one attached hydrogen (secondary N) is 2. The fourth-order valence-corrected chi connectivity index (χ4v) is 4.36. The molecule has 156 valence electrons. The van der Waals surface area contributed by atoms with Gasteiger partial charge in [-0.25, -0.2) is 4.79 Å². The minimum Gasteiger partial charge on any atom is -0.342 e. The largest absolute Gasteiger partial charge is 0.342 e. The molecule has 1 amide bonds. The van der Waals surface area contributed by atoms with Crippen molar-refractivity contribution < 1.29 is 4.79 Å². The fraction of sp³-hybridized carbons (Fsp3) is 0.350. The summed E-state index contributed by atoms with van der Waals surface area (Å²) in [5.41, 5.74) is 0.248. The zero-order valence-corrected chi connectivity index (χ0v) is 17.2. The molecule has 1 aliphatic heterocycles. The molecule has 0 unspecified atom stereocenters. The van der Waals surface area contributed by atoms with Crippen LogP contribution < -0.4 is 11.2 Å². The number of para-hydroxylation sites is 1. The van der Waals surface area contributed by atoms with Crippen molar-refractivity contribution in [3.63, 3.8) is 0 Å². The smallest absolute Gasteiger partial charge is 0.325 e. The molecule has 2 aromatic heterocycles. The molecular weight excluding hydrogens is 404 g/mol. The number of hydrogen-bond donors (Lipinski definition) is 2. The van der Waals surface area contributed by atoms with Crippen molar-refractivity contribution in [1.82, 2.24) is 29.6 Å². The lowest BCUT2D eigenvalue weighted by Gasteiger charge is -2.26. The first-order chi connectivity index (χ1) is 14.6. The van der Waals surface area contributed by atoms with Crippen LogP contribution in [0.5, 0.6) is 0 Å². The van der Waals surface area contributed by atoms with Gasteiger partial charge < -0.3 is 9.88 Å². The quantitative estimate of drug-likeness (QED) is 0.575. The summed E-state index contributed by atoms with van der Waals surface area (Å²) < 4.78 is 1.85. The van der Waals surface area contributed by atoms with Crippen molar-refractivity contribution in [1.29, 1.82) is 0 Å². The summed E-state index contributed by atoms with van der Waals surface area (Å²) in [4.78, 5) is 42.5. The summed E-state index contributed by atoms with van der Waals surface area (Å²) in [6.07, 6.45) is 3.50. The molecule has 2 N–H and O–H groups in total. The molecule has 10 heteroatoms. The third-order valence-corrected chi connectivity index (χ3v) is 5.83. The second kappa shape index (κ2) is 9.12. The third kappa shape index (κ3) is 4.70. The topological polar surface area (TPSA) is 117 Å². The Hall–Kier alpha value is -3.14. The van der Waals surface area contributed by atoms with Gasteiger partial charge in [0.15, 0.2) is 5.16 Å². The zero-order valence-electron chi connectivity index (χ0n) is 16.3. The van der Waals surface area contributed by atoms with E-state index < -0.39 is 11.2 Å². The standard InChI is InChI=1S/C20H22N6O3S/c27-17-12-14(21-19(29)22-17)11-16-23-24-20(26(16)15-7-3-1-4-8-15)30-13-18(28)25-9-5-2-6-10-25/h1,3-4,7-8,12H,2,5-6,9-11,13H2,(H2,21,22,27,29). The predicted octanol–water partition coefficient (Wildman–Crippen LogP) is 1.34. The molecule has 1 saturated heterocycles. The molecule has 3 heterocycles. The Morgan fingerprint density at radius 1 is 1.03 bits per heavy atom. The summed E-state index contributed by atoms with van der Waals surface area (Å²) in [5.74, 6) is 0.949. The van der Waals surface area contributed by atoms with Crippen LogP contribution in [0.2, 0.25) is 0 Å². The Balaban J connectivity index is 1.60. The highest BCUT2D eigenvalue weighted by molar-refractivity contribution is 7.99. The summed E-state index contributed by atoms with van der Waals surface area (Å²) in [7, 11) is 0. The van der Waals surface area contributed by atoms with E-state index in [9.17, 15) is 14.4 Å². The number of piperidine rings is 1. The Morgan fingerprint density at radius 3 is 2.53 bits per heavy atom. The lowest BCUT2D eigenvalue weighted by atomic mass is 10.1. The lowest BCUT2D eigenvalue weighted by Crippen LogP contribution is -2.36. The van der Waals surface area contributed by atoms with Gasteiger partial charge in [0, 0.05) is 37.0 Å². The van der Waals surface area contributed by atoms with Gasteiger partial charge in [0.1, 0.15) is 5.82 Å². The minimum absolute atomic E-state index is 0.0998. The van der Waals surface area contributed by atoms with Crippen LogP contribution in [0.1, 0.15) is 30.8 Å². The van der Waals surface area contributed by atoms with Gasteiger partial charge in [0.05, 0.1) is 5.75 Å². The number of hydrogen-bond acceptors (Lipinski definition) is 6. The summed E-state index contributed by atoms with van der Waals surface area (Å²) >= 11 is 1.34. The summed E-state index contributed by atoms with van der Waals surface area (Å²) in [6, 6.07) is 10.9. The van der Waals surface area contributed by atoms with Gasteiger partial charge in [0.25, 0.3) is 5.56 Å². The number of aromatic amines is 2. The minimum atomic E-state index is -0.565. The van der Waals surface area contributed by atoms with Crippen molar-refractivity contribution in [2.24, 2.45) is 0 Å². The van der Waals surface area contributed by atoms with E-state index in [0.29, 0.717) is 16.7 Å². The summed E-state index contributed by atoms with van der Waals surface area (Å²) in [6.45, 7) is 1.62. The van der Waals surface area contributed by atoms with Crippen LogP contribution in [0.3, 0.4) is 0 Å². The molecule has 0 spiro atoms.